The zero-order valence-electron chi connectivity index (χ0n) is 28.2. The highest BCUT2D eigenvalue weighted by Crippen LogP contribution is 2.43. The number of aromatic amines is 3. The van der Waals surface area contributed by atoms with Gasteiger partial charge in [0.1, 0.15) is 0 Å². The molecular formula is C36H42N4O7. The number of esters is 3. The minimum atomic E-state index is -0.551. The molecule has 5 rings (SSSR count). The number of methoxy groups -OCH3 is 3. The summed E-state index contributed by atoms with van der Waals surface area (Å²) in [5, 5.41) is 5.26. The molecule has 0 radical (unpaired) electrons. The summed E-state index contributed by atoms with van der Waals surface area (Å²) >= 11 is 0. The summed E-state index contributed by atoms with van der Waals surface area (Å²) in [5.41, 5.74) is 8.99. The number of H-pyrrole nitrogens is 3. The monoisotopic (exact) mass is 642 g/mol. The fourth-order valence-corrected chi connectivity index (χ4v) is 6.85. The quantitative estimate of drug-likeness (QED) is 0.164. The van der Waals surface area contributed by atoms with Crippen LogP contribution in [0.3, 0.4) is 0 Å². The summed E-state index contributed by atoms with van der Waals surface area (Å²) < 4.78 is 15.4. The standard InChI is InChI=1S/C36H42N4O7/c1-9-21-17(2)26-14-30-24(16-41)19(4)25(38-30)13-27-18(3)22(10-11-31(42)45-6)34(39-27)23(12-32(43)46-7)35-33(36(44)47-8)20(5)28(40-35)15-29(21)37-26/h13-16,18,22,37-40H,9-12H2,1-8H3/t18-,22-/m0/s1. The highest BCUT2D eigenvalue weighted by Gasteiger charge is 2.37. The third kappa shape index (κ3) is 5.97. The largest absolute Gasteiger partial charge is 0.469 e. The predicted octanol–water partition coefficient (Wildman–Crippen LogP) is 3.85. The molecule has 0 saturated carbocycles. The average molecular weight is 643 g/mol. The SMILES string of the molecule is CCc1c(C)c2[nH]c1=Cc1[nH]c(c(C(=O)OC)c1C)C(CC(=O)OC)=C1NC(=Cc3[nH]c(c(C=O)c3C)C=2)[C@@H](C)[C@@H]1CCC(=O)OC. The van der Waals surface area contributed by atoms with Crippen LogP contribution in [-0.2, 0) is 30.2 Å². The van der Waals surface area contributed by atoms with Gasteiger partial charge < -0.3 is 34.5 Å². The van der Waals surface area contributed by atoms with Crippen LogP contribution in [0.25, 0.3) is 23.8 Å². The molecule has 0 aliphatic carbocycles. The molecule has 8 bridgehead atoms. The zero-order chi connectivity index (χ0) is 34.2. The molecule has 2 atom stereocenters. The van der Waals surface area contributed by atoms with Crippen molar-refractivity contribution in [1.29, 1.82) is 0 Å². The molecule has 5 heterocycles. The van der Waals surface area contributed by atoms with Gasteiger partial charge in [-0.25, -0.2) is 4.79 Å². The van der Waals surface area contributed by atoms with Gasteiger partial charge >= 0.3 is 17.9 Å². The molecule has 1 saturated heterocycles. The molecule has 11 nitrogen and oxygen atoms in total. The molecule has 4 N–H and O–H groups in total. The Labute approximate surface area is 273 Å². The van der Waals surface area contributed by atoms with Crippen molar-refractivity contribution < 1.29 is 33.4 Å². The molecule has 3 aromatic heterocycles. The summed E-state index contributed by atoms with van der Waals surface area (Å²) in [6.45, 7) is 9.89. The Morgan fingerprint density at radius 3 is 2.15 bits per heavy atom. The first-order valence-corrected chi connectivity index (χ1v) is 15.7. The van der Waals surface area contributed by atoms with Gasteiger partial charge in [-0.3, -0.25) is 14.4 Å². The lowest BCUT2D eigenvalue weighted by Gasteiger charge is -2.19. The van der Waals surface area contributed by atoms with Gasteiger partial charge in [0.15, 0.2) is 6.29 Å². The Morgan fingerprint density at radius 2 is 1.51 bits per heavy atom. The summed E-state index contributed by atoms with van der Waals surface area (Å²) in [6.07, 6.45) is 7.88. The maximum atomic E-state index is 13.4. The van der Waals surface area contributed by atoms with Gasteiger partial charge in [0.05, 0.1) is 44.7 Å². The van der Waals surface area contributed by atoms with Crippen LogP contribution >= 0.6 is 0 Å². The Bertz CT molecular complexity index is 1970. The predicted molar refractivity (Wildman–Crippen MR) is 178 cm³/mol. The lowest BCUT2D eigenvalue weighted by atomic mass is 9.85. The average Bonchev–Trinajstić information content (AvgIpc) is 3.74. The minimum Gasteiger partial charge on any atom is -0.469 e. The van der Waals surface area contributed by atoms with E-state index in [-0.39, 0.29) is 30.6 Å². The number of carbonyl (C=O) groups is 4. The van der Waals surface area contributed by atoms with Gasteiger partial charge in [-0.15, -0.1) is 0 Å². The lowest BCUT2D eigenvalue weighted by molar-refractivity contribution is -0.141. The molecule has 1 fully saturated rings. The van der Waals surface area contributed by atoms with E-state index in [1.807, 2.05) is 45.9 Å². The van der Waals surface area contributed by atoms with Crippen molar-refractivity contribution >= 4 is 48.0 Å². The summed E-state index contributed by atoms with van der Waals surface area (Å²) in [7, 11) is 4.00. The minimum absolute atomic E-state index is 0.142. The zero-order valence-corrected chi connectivity index (χ0v) is 28.2. The molecule has 3 aromatic rings. The number of hydrogen-bond donors (Lipinski definition) is 4. The smallest absolute Gasteiger partial charge is 0.340 e. The van der Waals surface area contributed by atoms with E-state index < -0.39 is 11.9 Å². The summed E-state index contributed by atoms with van der Waals surface area (Å²) in [5.74, 6) is -1.80. The number of aromatic nitrogens is 3. The molecule has 11 heteroatoms. The van der Waals surface area contributed by atoms with Crippen molar-refractivity contribution in [3.8, 4) is 0 Å². The third-order valence-electron chi connectivity index (χ3n) is 9.65. The highest BCUT2D eigenvalue weighted by atomic mass is 16.5. The van der Waals surface area contributed by atoms with Crippen LogP contribution in [0.5, 0.6) is 0 Å². The molecule has 47 heavy (non-hydrogen) atoms. The van der Waals surface area contributed by atoms with Gasteiger partial charge in [-0.1, -0.05) is 13.8 Å². The van der Waals surface area contributed by atoms with Crippen LogP contribution in [0.2, 0.25) is 0 Å². The van der Waals surface area contributed by atoms with Crippen LogP contribution in [-0.4, -0.2) is 60.5 Å². The van der Waals surface area contributed by atoms with Gasteiger partial charge in [-0.2, -0.15) is 0 Å². The van der Waals surface area contributed by atoms with Crippen molar-refractivity contribution in [2.75, 3.05) is 21.3 Å². The fourth-order valence-electron chi connectivity index (χ4n) is 6.85. The second-order valence-corrected chi connectivity index (χ2v) is 12.1. The number of nitrogens with one attached hydrogen (secondary N) is 4. The fraction of sp³-hybridized carbons (Fsp3) is 0.389. The van der Waals surface area contributed by atoms with E-state index in [9.17, 15) is 19.2 Å². The third-order valence-corrected chi connectivity index (χ3v) is 9.65. The number of fused-ring (bicyclic) bond motifs is 8. The van der Waals surface area contributed by atoms with E-state index in [0.29, 0.717) is 51.5 Å². The molecule has 2 aliphatic heterocycles. The molecule has 0 spiro atoms. The number of hydrogen-bond acceptors (Lipinski definition) is 8. The van der Waals surface area contributed by atoms with E-state index in [1.54, 1.807) is 0 Å². The van der Waals surface area contributed by atoms with E-state index in [4.69, 9.17) is 14.2 Å². The van der Waals surface area contributed by atoms with E-state index >= 15 is 0 Å². The first-order valence-electron chi connectivity index (χ1n) is 15.7. The van der Waals surface area contributed by atoms with Crippen molar-refractivity contribution in [3.05, 3.63) is 78.2 Å². The molecule has 0 amide bonds. The summed E-state index contributed by atoms with van der Waals surface area (Å²) in [4.78, 5) is 61.6. The van der Waals surface area contributed by atoms with Crippen LogP contribution in [0, 0.1) is 32.6 Å². The van der Waals surface area contributed by atoms with Crippen molar-refractivity contribution in [1.82, 2.24) is 20.3 Å². The Morgan fingerprint density at radius 1 is 0.830 bits per heavy atom. The molecule has 0 aromatic carbocycles. The van der Waals surface area contributed by atoms with Crippen molar-refractivity contribution in [2.45, 2.75) is 60.3 Å². The summed E-state index contributed by atoms with van der Waals surface area (Å²) in [6, 6.07) is 0. The highest BCUT2D eigenvalue weighted by molar-refractivity contribution is 6.00. The van der Waals surface area contributed by atoms with E-state index in [0.717, 1.165) is 51.5 Å². The number of carbonyl (C=O) groups excluding carboxylic acids is 4. The number of allylic oxidation sites excluding steroid dienone is 2. The van der Waals surface area contributed by atoms with Gasteiger partial charge in [-0.05, 0) is 74.1 Å². The van der Waals surface area contributed by atoms with Crippen molar-refractivity contribution in [3.63, 3.8) is 0 Å². The lowest BCUT2D eigenvalue weighted by Crippen LogP contribution is -2.17. The van der Waals surface area contributed by atoms with Crippen molar-refractivity contribution in [2.24, 2.45) is 11.8 Å². The van der Waals surface area contributed by atoms with E-state index in [2.05, 4.69) is 27.2 Å². The Balaban J connectivity index is 1.94. The first-order chi connectivity index (χ1) is 22.5. The van der Waals surface area contributed by atoms with Gasteiger partial charge in [0.25, 0.3) is 0 Å². The second kappa shape index (κ2) is 13.4. The molecule has 2 aliphatic rings. The first kappa shape index (κ1) is 33.3. The van der Waals surface area contributed by atoms with Gasteiger partial charge in [0, 0.05) is 62.9 Å². The number of aldehydes is 1. The maximum Gasteiger partial charge on any atom is 0.340 e. The topological polar surface area (TPSA) is 155 Å². The molecule has 248 valence electrons. The Kier molecular flexibility index (Phi) is 9.46. The maximum absolute atomic E-state index is 13.4. The van der Waals surface area contributed by atoms with Crippen LogP contribution in [0.4, 0.5) is 0 Å². The normalized spacial score (nSPS) is 16.9. The van der Waals surface area contributed by atoms with Crippen LogP contribution in [0.1, 0.15) is 98.9 Å². The second-order valence-electron chi connectivity index (χ2n) is 12.1. The van der Waals surface area contributed by atoms with Crippen LogP contribution in [0.15, 0.2) is 11.4 Å². The van der Waals surface area contributed by atoms with Crippen LogP contribution < -0.4 is 16.0 Å². The number of ether oxygens (including phenoxy) is 3. The Hall–Kier alpha value is -5.06. The molecule has 0 unspecified atom stereocenters. The molecular weight excluding hydrogens is 600 g/mol. The van der Waals surface area contributed by atoms with E-state index in [1.165, 1.54) is 21.3 Å². The van der Waals surface area contributed by atoms with Gasteiger partial charge in [0.2, 0.25) is 0 Å². The number of rotatable bonds is 8.